The van der Waals surface area contributed by atoms with Crippen LogP contribution in [0.2, 0.25) is 0 Å². The Bertz CT molecular complexity index is 569. The smallest absolute Gasteiger partial charge is 0.204 e. The van der Waals surface area contributed by atoms with Gasteiger partial charge in [0.2, 0.25) is 5.75 Å². The topological polar surface area (TPSA) is 89.8 Å². The average Bonchev–Trinajstić information content (AvgIpc) is 2.90. The summed E-state index contributed by atoms with van der Waals surface area (Å²) in [5, 5.41) is 10.7. The first kappa shape index (κ1) is 15.0. The Balaban J connectivity index is 1.98. The lowest BCUT2D eigenvalue weighted by Crippen LogP contribution is -2.11. The van der Waals surface area contributed by atoms with Gasteiger partial charge in [-0.2, -0.15) is 5.10 Å². The minimum absolute atomic E-state index is 0.625. The van der Waals surface area contributed by atoms with Gasteiger partial charge in [0.25, 0.3) is 0 Å². The lowest BCUT2D eigenvalue weighted by atomic mass is 10.4. The molecule has 2 N–H and O–H groups in total. The van der Waals surface area contributed by atoms with E-state index in [2.05, 4.69) is 37.6 Å². The molecular formula is C13H21N7O. The van der Waals surface area contributed by atoms with Crippen molar-refractivity contribution < 1.29 is 4.74 Å². The number of ether oxygens (including phenoxy) is 1. The molecule has 2 aromatic heterocycles. The van der Waals surface area contributed by atoms with Gasteiger partial charge in [-0.1, -0.05) is 6.92 Å². The fourth-order valence-electron chi connectivity index (χ4n) is 1.85. The summed E-state index contributed by atoms with van der Waals surface area (Å²) >= 11 is 0. The van der Waals surface area contributed by atoms with Crippen LogP contribution in [-0.2, 0) is 13.5 Å². The summed E-state index contributed by atoms with van der Waals surface area (Å²) < 4.78 is 7.08. The van der Waals surface area contributed by atoms with E-state index in [1.54, 1.807) is 18.1 Å². The summed E-state index contributed by atoms with van der Waals surface area (Å²) in [6, 6.07) is 0. The second-order valence-corrected chi connectivity index (χ2v) is 4.54. The second kappa shape index (κ2) is 7.41. The van der Waals surface area contributed by atoms with Crippen molar-refractivity contribution in [3.63, 3.8) is 0 Å². The van der Waals surface area contributed by atoms with Gasteiger partial charge in [-0.3, -0.25) is 4.68 Å². The van der Waals surface area contributed by atoms with Crippen LogP contribution < -0.4 is 15.4 Å². The van der Waals surface area contributed by atoms with E-state index in [9.17, 15) is 0 Å². The molecule has 0 saturated heterocycles. The number of methoxy groups -OCH3 is 1. The molecule has 114 valence electrons. The van der Waals surface area contributed by atoms with Crippen molar-refractivity contribution >= 4 is 11.6 Å². The first-order chi connectivity index (χ1) is 10.2. The van der Waals surface area contributed by atoms with Gasteiger partial charge in [-0.15, -0.1) is 0 Å². The Morgan fingerprint density at radius 1 is 1.14 bits per heavy atom. The maximum Gasteiger partial charge on any atom is 0.204 e. The molecule has 0 fully saturated rings. The number of aromatic nitrogens is 5. The third-order valence-corrected chi connectivity index (χ3v) is 2.84. The van der Waals surface area contributed by atoms with Crippen LogP contribution in [0.25, 0.3) is 0 Å². The molecular weight excluding hydrogens is 270 g/mol. The van der Waals surface area contributed by atoms with Crippen LogP contribution in [-0.4, -0.2) is 44.9 Å². The summed E-state index contributed by atoms with van der Waals surface area (Å²) in [5.41, 5.74) is 0. The zero-order valence-corrected chi connectivity index (χ0v) is 12.6. The van der Waals surface area contributed by atoms with Gasteiger partial charge in [0.1, 0.15) is 12.7 Å². The van der Waals surface area contributed by atoms with E-state index in [0.717, 1.165) is 18.8 Å². The largest absolute Gasteiger partial charge is 0.490 e. The fourth-order valence-corrected chi connectivity index (χ4v) is 1.85. The predicted molar refractivity (Wildman–Crippen MR) is 80.6 cm³/mol. The molecule has 0 aliphatic heterocycles. The third kappa shape index (κ3) is 4.04. The molecule has 0 bridgehead atoms. The molecule has 2 aromatic rings. The number of nitrogens with zero attached hydrogens (tertiary/aromatic N) is 5. The highest BCUT2D eigenvalue weighted by Gasteiger charge is 2.11. The number of rotatable bonds is 8. The Kier molecular flexibility index (Phi) is 5.30. The van der Waals surface area contributed by atoms with Crippen LogP contribution in [0, 0.1) is 0 Å². The number of nitrogens with one attached hydrogen (secondary N) is 2. The first-order valence-electron chi connectivity index (χ1n) is 6.95. The highest BCUT2D eigenvalue weighted by Crippen LogP contribution is 2.28. The van der Waals surface area contributed by atoms with Crippen LogP contribution >= 0.6 is 0 Å². The maximum atomic E-state index is 5.40. The van der Waals surface area contributed by atoms with Crippen LogP contribution in [0.15, 0.2) is 12.7 Å². The number of anilines is 2. The molecule has 0 aromatic carbocycles. The normalized spacial score (nSPS) is 10.4. The zero-order chi connectivity index (χ0) is 15.1. The maximum absolute atomic E-state index is 5.40. The Morgan fingerprint density at radius 2 is 1.86 bits per heavy atom. The molecule has 0 saturated carbocycles. The molecule has 0 aliphatic rings. The molecule has 0 radical (unpaired) electrons. The average molecular weight is 291 g/mol. The summed E-state index contributed by atoms with van der Waals surface area (Å²) in [6.45, 7) is 3.61. The lowest BCUT2D eigenvalue weighted by molar-refractivity contribution is 0.414. The lowest BCUT2D eigenvalue weighted by Gasteiger charge is -2.13. The number of hydrogen-bond acceptors (Lipinski definition) is 7. The van der Waals surface area contributed by atoms with E-state index in [1.807, 2.05) is 7.05 Å². The number of aryl methyl sites for hydroxylation is 1. The van der Waals surface area contributed by atoms with Crippen LogP contribution in [0.3, 0.4) is 0 Å². The molecule has 21 heavy (non-hydrogen) atoms. The second-order valence-electron chi connectivity index (χ2n) is 4.54. The molecule has 0 aliphatic carbocycles. The minimum Gasteiger partial charge on any atom is -0.490 e. The van der Waals surface area contributed by atoms with Crippen molar-refractivity contribution in [1.29, 1.82) is 0 Å². The molecule has 2 rings (SSSR count). The zero-order valence-electron chi connectivity index (χ0n) is 12.6. The van der Waals surface area contributed by atoms with Crippen molar-refractivity contribution in [3.8, 4) is 5.75 Å². The van der Waals surface area contributed by atoms with Gasteiger partial charge in [-0.25, -0.2) is 15.0 Å². The van der Waals surface area contributed by atoms with E-state index >= 15 is 0 Å². The summed E-state index contributed by atoms with van der Waals surface area (Å²) in [6.07, 6.45) is 4.93. The Morgan fingerprint density at radius 3 is 2.43 bits per heavy atom. The van der Waals surface area contributed by atoms with Gasteiger partial charge >= 0.3 is 0 Å². The Hall–Kier alpha value is -2.38. The fraction of sp³-hybridized carbons (Fsp3) is 0.538. The van der Waals surface area contributed by atoms with E-state index in [4.69, 9.17) is 4.74 Å². The highest BCUT2D eigenvalue weighted by molar-refractivity contribution is 5.63. The quantitative estimate of drug-likeness (QED) is 0.752. The summed E-state index contributed by atoms with van der Waals surface area (Å²) in [4.78, 5) is 12.6. The van der Waals surface area contributed by atoms with Crippen LogP contribution in [0.5, 0.6) is 5.75 Å². The van der Waals surface area contributed by atoms with E-state index in [0.29, 0.717) is 30.4 Å². The van der Waals surface area contributed by atoms with Crippen LogP contribution in [0.4, 0.5) is 11.6 Å². The van der Waals surface area contributed by atoms with Gasteiger partial charge in [0.15, 0.2) is 17.5 Å². The van der Waals surface area contributed by atoms with Gasteiger partial charge in [0, 0.05) is 26.6 Å². The standard InChI is InChI=1S/C13H21N7O/c1-4-6-14-12-11(21-3)13(17-8-16-12)15-7-5-10-18-9-20(2)19-10/h8-9H,4-7H2,1-3H3,(H2,14,15,16,17). The van der Waals surface area contributed by atoms with Gasteiger partial charge in [0.05, 0.1) is 7.11 Å². The molecule has 0 atom stereocenters. The minimum atomic E-state index is 0.625. The van der Waals surface area contributed by atoms with Gasteiger partial charge < -0.3 is 15.4 Å². The van der Waals surface area contributed by atoms with Crippen molar-refractivity contribution in [1.82, 2.24) is 24.7 Å². The predicted octanol–water partition coefficient (Wildman–Crippen LogP) is 1.09. The first-order valence-corrected chi connectivity index (χ1v) is 6.95. The summed E-state index contributed by atoms with van der Waals surface area (Å²) in [5.74, 6) is 2.79. The SMILES string of the molecule is CCCNc1ncnc(NCCc2ncn(C)n2)c1OC. The molecule has 8 nitrogen and oxygen atoms in total. The van der Waals surface area contributed by atoms with E-state index < -0.39 is 0 Å². The van der Waals surface area contributed by atoms with Gasteiger partial charge in [-0.05, 0) is 6.42 Å². The number of hydrogen-bond donors (Lipinski definition) is 2. The van der Waals surface area contributed by atoms with Crippen molar-refractivity contribution in [3.05, 3.63) is 18.5 Å². The van der Waals surface area contributed by atoms with Crippen molar-refractivity contribution in [2.75, 3.05) is 30.8 Å². The monoisotopic (exact) mass is 291 g/mol. The third-order valence-electron chi connectivity index (χ3n) is 2.84. The molecule has 0 amide bonds. The highest BCUT2D eigenvalue weighted by atomic mass is 16.5. The van der Waals surface area contributed by atoms with Crippen molar-refractivity contribution in [2.45, 2.75) is 19.8 Å². The molecule has 2 heterocycles. The Labute approximate surface area is 124 Å². The van der Waals surface area contributed by atoms with E-state index in [1.165, 1.54) is 6.33 Å². The summed E-state index contributed by atoms with van der Waals surface area (Å²) in [7, 11) is 3.46. The molecule has 0 unspecified atom stereocenters. The molecule has 8 heteroatoms. The van der Waals surface area contributed by atoms with Crippen LogP contribution in [0.1, 0.15) is 19.2 Å². The van der Waals surface area contributed by atoms with Crippen molar-refractivity contribution in [2.24, 2.45) is 7.05 Å². The van der Waals surface area contributed by atoms with E-state index in [-0.39, 0.29) is 0 Å². The molecule has 0 spiro atoms.